The molecule has 0 radical (unpaired) electrons. The van der Waals surface area contributed by atoms with E-state index in [9.17, 15) is 14.0 Å². The summed E-state index contributed by atoms with van der Waals surface area (Å²) in [6, 6.07) is 13.9. The summed E-state index contributed by atoms with van der Waals surface area (Å²) < 4.78 is 14.4. The van der Waals surface area contributed by atoms with Gasteiger partial charge >= 0.3 is 0 Å². The van der Waals surface area contributed by atoms with Crippen LogP contribution in [0, 0.1) is 11.7 Å². The van der Waals surface area contributed by atoms with E-state index in [1.807, 2.05) is 35.2 Å². The molecule has 1 aliphatic heterocycles. The van der Waals surface area contributed by atoms with Crippen molar-refractivity contribution in [2.24, 2.45) is 5.92 Å². The van der Waals surface area contributed by atoms with E-state index in [-0.39, 0.29) is 30.0 Å². The SMILES string of the molecule is O=C(CN1CCC(C(=O)Nc2ccccc2)CC1)Nc1ccc(Br)cc1F. The fourth-order valence-corrected chi connectivity index (χ4v) is 3.44. The largest absolute Gasteiger partial charge is 0.326 e. The fourth-order valence-electron chi connectivity index (χ4n) is 3.10. The van der Waals surface area contributed by atoms with Gasteiger partial charge in [0.05, 0.1) is 12.2 Å². The highest BCUT2D eigenvalue weighted by molar-refractivity contribution is 9.10. The van der Waals surface area contributed by atoms with E-state index in [1.165, 1.54) is 12.1 Å². The molecule has 142 valence electrons. The Balaban J connectivity index is 1.45. The van der Waals surface area contributed by atoms with Crippen molar-refractivity contribution in [3.63, 3.8) is 0 Å². The van der Waals surface area contributed by atoms with Crippen molar-refractivity contribution in [2.75, 3.05) is 30.3 Å². The molecule has 0 bridgehead atoms. The number of anilines is 2. The number of amides is 2. The summed E-state index contributed by atoms with van der Waals surface area (Å²) in [5.74, 6) is -0.784. The van der Waals surface area contributed by atoms with E-state index in [0.717, 1.165) is 5.69 Å². The molecular formula is C20H21BrFN3O2. The summed E-state index contributed by atoms with van der Waals surface area (Å²) in [6.45, 7) is 1.49. The molecule has 2 aromatic rings. The standard InChI is InChI=1S/C20H21BrFN3O2/c21-15-6-7-18(17(22)12-15)24-19(26)13-25-10-8-14(9-11-25)20(27)23-16-4-2-1-3-5-16/h1-7,12,14H,8-11,13H2,(H,23,27)(H,24,26). The van der Waals surface area contributed by atoms with E-state index < -0.39 is 5.82 Å². The number of hydrogen-bond donors (Lipinski definition) is 2. The lowest BCUT2D eigenvalue weighted by Crippen LogP contribution is -2.41. The minimum absolute atomic E-state index is 0.0160. The molecule has 2 aromatic carbocycles. The van der Waals surface area contributed by atoms with E-state index in [0.29, 0.717) is 30.4 Å². The molecule has 1 saturated heterocycles. The molecule has 7 heteroatoms. The molecule has 0 saturated carbocycles. The smallest absolute Gasteiger partial charge is 0.238 e. The van der Waals surface area contributed by atoms with Gasteiger partial charge < -0.3 is 10.6 Å². The van der Waals surface area contributed by atoms with Crippen LogP contribution in [-0.4, -0.2) is 36.3 Å². The number of likely N-dealkylation sites (tertiary alicyclic amines) is 1. The number of halogens is 2. The van der Waals surface area contributed by atoms with Crippen molar-refractivity contribution in [2.45, 2.75) is 12.8 Å². The number of piperidine rings is 1. The minimum Gasteiger partial charge on any atom is -0.326 e. The third kappa shape index (κ3) is 5.61. The Bertz CT molecular complexity index is 808. The molecule has 1 heterocycles. The zero-order valence-electron chi connectivity index (χ0n) is 14.8. The predicted molar refractivity (Wildman–Crippen MR) is 107 cm³/mol. The van der Waals surface area contributed by atoms with Crippen LogP contribution < -0.4 is 10.6 Å². The molecule has 0 aromatic heterocycles. The Morgan fingerprint density at radius 2 is 1.78 bits per heavy atom. The van der Waals surface area contributed by atoms with Gasteiger partial charge in [-0.15, -0.1) is 0 Å². The van der Waals surface area contributed by atoms with Crippen molar-refractivity contribution in [1.29, 1.82) is 0 Å². The Morgan fingerprint density at radius 1 is 1.07 bits per heavy atom. The molecule has 27 heavy (non-hydrogen) atoms. The van der Waals surface area contributed by atoms with Crippen LogP contribution in [0.15, 0.2) is 53.0 Å². The maximum Gasteiger partial charge on any atom is 0.238 e. The van der Waals surface area contributed by atoms with Crippen LogP contribution in [0.2, 0.25) is 0 Å². The zero-order valence-corrected chi connectivity index (χ0v) is 16.3. The van der Waals surface area contributed by atoms with Gasteiger partial charge in [0, 0.05) is 16.1 Å². The summed E-state index contributed by atoms with van der Waals surface area (Å²) in [5, 5.41) is 5.52. The van der Waals surface area contributed by atoms with Gasteiger partial charge in [0.15, 0.2) is 0 Å². The van der Waals surface area contributed by atoms with Gasteiger partial charge in [-0.05, 0) is 56.3 Å². The number of carbonyl (C=O) groups is 2. The van der Waals surface area contributed by atoms with Crippen molar-refractivity contribution in [1.82, 2.24) is 4.90 Å². The van der Waals surface area contributed by atoms with Crippen LogP contribution in [0.3, 0.4) is 0 Å². The molecule has 0 unspecified atom stereocenters. The molecular weight excluding hydrogens is 413 g/mol. The van der Waals surface area contributed by atoms with Crippen LogP contribution in [0.25, 0.3) is 0 Å². The number of carbonyl (C=O) groups excluding carboxylic acids is 2. The summed E-state index contributed by atoms with van der Waals surface area (Å²) in [5.41, 5.74) is 0.959. The minimum atomic E-state index is -0.478. The van der Waals surface area contributed by atoms with Gasteiger partial charge in [-0.1, -0.05) is 34.1 Å². The average Bonchev–Trinajstić information content (AvgIpc) is 2.65. The first-order chi connectivity index (χ1) is 13.0. The lowest BCUT2D eigenvalue weighted by atomic mass is 9.96. The van der Waals surface area contributed by atoms with Gasteiger partial charge in [0.1, 0.15) is 5.82 Å². The molecule has 3 rings (SSSR count). The summed E-state index contributed by atoms with van der Waals surface area (Å²) in [7, 11) is 0. The Kier molecular flexibility index (Phi) is 6.58. The van der Waals surface area contributed by atoms with Gasteiger partial charge in [-0.25, -0.2) is 4.39 Å². The number of nitrogens with one attached hydrogen (secondary N) is 2. The second-order valence-electron chi connectivity index (χ2n) is 6.58. The van der Waals surface area contributed by atoms with Gasteiger partial charge in [0.2, 0.25) is 11.8 Å². The monoisotopic (exact) mass is 433 g/mol. The molecule has 0 spiro atoms. The quantitative estimate of drug-likeness (QED) is 0.751. The Labute approximate surface area is 166 Å². The summed E-state index contributed by atoms with van der Waals surface area (Å²) in [4.78, 5) is 26.5. The van der Waals surface area contributed by atoms with Crippen LogP contribution in [0.4, 0.5) is 15.8 Å². The summed E-state index contributed by atoms with van der Waals surface area (Å²) in [6.07, 6.45) is 1.39. The molecule has 1 aliphatic rings. The molecule has 0 atom stereocenters. The summed E-state index contributed by atoms with van der Waals surface area (Å²) >= 11 is 3.19. The number of hydrogen-bond acceptors (Lipinski definition) is 3. The van der Waals surface area contributed by atoms with Gasteiger partial charge in [-0.2, -0.15) is 0 Å². The first-order valence-corrected chi connectivity index (χ1v) is 9.64. The zero-order chi connectivity index (χ0) is 19.2. The van der Waals surface area contributed by atoms with E-state index >= 15 is 0 Å². The molecule has 5 nitrogen and oxygen atoms in total. The maximum atomic E-state index is 13.8. The number of rotatable bonds is 5. The topological polar surface area (TPSA) is 61.4 Å². The normalized spacial score (nSPS) is 15.3. The molecule has 2 N–H and O–H groups in total. The third-order valence-electron chi connectivity index (χ3n) is 4.57. The van der Waals surface area contributed by atoms with Crippen LogP contribution in [0.5, 0.6) is 0 Å². The maximum absolute atomic E-state index is 13.8. The second kappa shape index (κ2) is 9.10. The molecule has 2 amide bonds. The number of para-hydroxylation sites is 1. The number of nitrogens with zero attached hydrogens (tertiary/aromatic N) is 1. The fraction of sp³-hybridized carbons (Fsp3) is 0.300. The lowest BCUT2D eigenvalue weighted by molar-refractivity contribution is -0.121. The molecule has 1 fully saturated rings. The Morgan fingerprint density at radius 3 is 2.44 bits per heavy atom. The highest BCUT2D eigenvalue weighted by Gasteiger charge is 2.26. The van der Waals surface area contributed by atoms with Crippen LogP contribution in [0.1, 0.15) is 12.8 Å². The molecule has 0 aliphatic carbocycles. The highest BCUT2D eigenvalue weighted by atomic mass is 79.9. The lowest BCUT2D eigenvalue weighted by Gasteiger charge is -2.30. The first kappa shape index (κ1) is 19.5. The van der Waals surface area contributed by atoms with E-state index in [4.69, 9.17) is 0 Å². The van der Waals surface area contributed by atoms with Crippen LogP contribution in [-0.2, 0) is 9.59 Å². The van der Waals surface area contributed by atoms with Crippen molar-refractivity contribution < 1.29 is 14.0 Å². The first-order valence-electron chi connectivity index (χ1n) is 8.84. The van der Waals surface area contributed by atoms with E-state index in [2.05, 4.69) is 26.6 Å². The van der Waals surface area contributed by atoms with Crippen molar-refractivity contribution >= 4 is 39.1 Å². The number of benzene rings is 2. The van der Waals surface area contributed by atoms with Crippen molar-refractivity contribution in [3.8, 4) is 0 Å². The second-order valence-corrected chi connectivity index (χ2v) is 7.49. The third-order valence-corrected chi connectivity index (χ3v) is 5.07. The average molecular weight is 434 g/mol. The van der Waals surface area contributed by atoms with E-state index in [1.54, 1.807) is 6.07 Å². The van der Waals surface area contributed by atoms with Crippen LogP contribution >= 0.6 is 15.9 Å². The van der Waals surface area contributed by atoms with Gasteiger partial charge in [-0.3, -0.25) is 14.5 Å². The predicted octanol–water partition coefficient (Wildman–Crippen LogP) is 3.88. The van der Waals surface area contributed by atoms with Gasteiger partial charge in [0.25, 0.3) is 0 Å². The highest BCUT2D eigenvalue weighted by Crippen LogP contribution is 2.21. The van der Waals surface area contributed by atoms with Crippen molar-refractivity contribution in [3.05, 3.63) is 58.8 Å². The Hall–Kier alpha value is -2.25.